The highest BCUT2D eigenvalue weighted by molar-refractivity contribution is 6.05. The Labute approximate surface area is 159 Å². The molecule has 27 heavy (non-hydrogen) atoms. The summed E-state index contributed by atoms with van der Waals surface area (Å²) in [5.74, 6) is 1.68. The van der Waals surface area contributed by atoms with Gasteiger partial charge in [0.2, 0.25) is 0 Å². The standard InChI is InChI=1S/C22H23N5/c1-4-27(5-2)22-20(21-23-14-24-26-21)19(16-9-7-6-8-10-16)17-13-15(3)11-12-18(17)25-22/h6-14H,4-5H2,1-3H3,(H,23,24,26). The van der Waals surface area contributed by atoms with Crippen molar-refractivity contribution in [3.8, 4) is 22.5 Å². The molecule has 0 spiro atoms. The van der Waals surface area contributed by atoms with E-state index < -0.39 is 0 Å². The Morgan fingerprint density at radius 3 is 2.41 bits per heavy atom. The molecule has 136 valence electrons. The van der Waals surface area contributed by atoms with Crippen LogP contribution in [0, 0.1) is 6.92 Å². The van der Waals surface area contributed by atoms with Gasteiger partial charge in [-0.2, -0.15) is 5.10 Å². The van der Waals surface area contributed by atoms with Crippen LogP contribution in [0.4, 0.5) is 5.82 Å². The first-order chi connectivity index (χ1) is 13.2. The SMILES string of the molecule is CCN(CC)c1nc2ccc(C)cc2c(-c2ccccc2)c1-c1ncn[nH]1. The predicted octanol–water partition coefficient (Wildman–Crippen LogP) is 4.84. The van der Waals surface area contributed by atoms with Gasteiger partial charge >= 0.3 is 0 Å². The van der Waals surface area contributed by atoms with Crippen LogP contribution >= 0.6 is 0 Å². The van der Waals surface area contributed by atoms with Crippen molar-refractivity contribution in [1.82, 2.24) is 20.2 Å². The van der Waals surface area contributed by atoms with Crippen LogP contribution in [0.3, 0.4) is 0 Å². The van der Waals surface area contributed by atoms with Crippen molar-refractivity contribution in [3.63, 3.8) is 0 Å². The van der Waals surface area contributed by atoms with Crippen molar-refractivity contribution >= 4 is 16.7 Å². The van der Waals surface area contributed by atoms with Crippen molar-refractivity contribution in [1.29, 1.82) is 0 Å². The molecule has 2 aromatic heterocycles. The molecule has 0 saturated heterocycles. The van der Waals surface area contributed by atoms with E-state index in [4.69, 9.17) is 4.98 Å². The van der Waals surface area contributed by atoms with Gasteiger partial charge in [0.15, 0.2) is 5.82 Å². The lowest BCUT2D eigenvalue weighted by atomic mass is 9.94. The highest BCUT2D eigenvalue weighted by Crippen LogP contribution is 2.41. The number of pyridine rings is 1. The Balaban J connectivity index is 2.18. The average molecular weight is 357 g/mol. The molecular formula is C22H23N5. The van der Waals surface area contributed by atoms with Crippen molar-refractivity contribution in [2.45, 2.75) is 20.8 Å². The second-order valence-electron chi connectivity index (χ2n) is 6.58. The zero-order chi connectivity index (χ0) is 18.8. The number of hydrogen-bond acceptors (Lipinski definition) is 4. The van der Waals surface area contributed by atoms with Crippen molar-refractivity contribution < 1.29 is 0 Å². The summed E-state index contributed by atoms with van der Waals surface area (Å²) in [5, 5.41) is 8.29. The summed E-state index contributed by atoms with van der Waals surface area (Å²) >= 11 is 0. The molecular weight excluding hydrogens is 334 g/mol. The van der Waals surface area contributed by atoms with Gasteiger partial charge in [0.1, 0.15) is 12.1 Å². The minimum atomic E-state index is 0.742. The average Bonchev–Trinajstić information content (AvgIpc) is 3.23. The molecule has 0 amide bonds. The van der Waals surface area contributed by atoms with Gasteiger partial charge in [-0.05, 0) is 38.5 Å². The molecule has 0 atom stereocenters. The summed E-state index contributed by atoms with van der Waals surface area (Å²) < 4.78 is 0. The lowest BCUT2D eigenvalue weighted by Crippen LogP contribution is -2.24. The minimum absolute atomic E-state index is 0.742. The zero-order valence-electron chi connectivity index (χ0n) is 15.9. The molecule has 0 saturated carbocycles. The van der Waals surface area contributed by atoms with Crippen molar-refractivity contribution in [3.05, 3.63) is 60.4 Å². The number of fused-ring (bicyclic) bond motifs is 1. The Kier molecular flexibility index (Phi) is 4.59. The number of anilines is 1. The number of aromatic amines is 1. The van der Waals surface area contributed by atoms with Crippen LogP contribution in [0.1, 0.15) is 19.4 Å². The molecule has 0 unspecified atom stereocenters. The van der Waals surface area contributed by atoms with E-state index in [-0.39, 0.29) is 0 Å². The first-order valence-electron chi connectivity index (χ1n) is 9.33. The molecule has 0 radical (unpaired) electrons. The molecule has 0 aliphatic rings. The second kappa shape index (κ2) is 7.19. The summed E-state index contributed by atoms with van der Waals surface area (Å²) in [6, 6.07) is 16.9. The molecule has 2 heterocycles. The molecule has 1 N–H and O–H groups in total. The van der Waals surface area contributed by atoms with Gasteiger partial charge in [-0.25, -0.2) is 9.97 Å². The van der Waals surface area contributed by atoms with Crippen LogP contribution in [0.25, 0.3) is 33.4 Å². The van der Waals surface area contributed by atoms with E-state index in [1.807, 2.05) is 6.07 Å². The fourth-order valence-corrected chi connectivity index (χ4v) is 3.57. The smallest absolute Gasteiger partial charge is 0.159 e. The van der Waals surface area contributed by atoms with E-state index in [2.05, 4.69) is 83.3 Å². The summed E-state index contributed by atoms with van der Waals surface area (Å²) in [5.41, 5.74) is 5.49. The van der Waals surface area contributed by atoms with Crippen molar-refractivity contribution in [2.24, 2.45) is 0 Å². The summed E-state index contributed by atoms with van der Waals surface area (Å²) in [6.07, 6.45) is 1.55. The normalized spacial score (nSPS) is 11.1. The van der Waals surface area contributed by atoms with E-state index in [9.17, 15) is 0 Å². The monoisotopic (exact) mass is 357 g/mol. The Morgan fingerprint density at radius 1 is 0.963 bits per heavy atom. The topological polar surface area (TPSA) is 57.7 Å². The van der Waals surface area contributed by atoms with E-state index in [0.29, 0.717) is 0 Å². The zero-order valence-corrected chi connectivity index (χ0v) is 15.9. The first-order valence-corrected chi connectivity index (χ1v) is 9.33. The molecule has 0 bridgehead atoms. The van der Waals surface area contributed by atoms with Crippen LogP contribution in [-0.4, -0.2) is 33.3 Å². The second-order valence-corrected chi connectivity index (χ2v) is 6.58. The molecule has 0 fully saturated rings. The number of nitrogens with one attached hydrogen (secondary N) is 1. The van der Waals surface area contributed by atoms with E-state index in [0.717, 1.165) is 52.3 Å². The summed E-state index contributed by atoms with van der Waals surface area (Å²) in [4.78, 5) is 11.8. The van der Waals surface area contributed by atoms with Crippen LogP contribution in [0.2, 0.25) is 0 Å². The third kappa shape index (κ3) is 3.05. The van der Waals surface area contributed by atoms with Gasteiger partial charge in [0, 0.05) is 24.0 Å². The number of hydrogen-bond donors (Lipinski definition) is 1. The number of aryl methyl sites for hydroxylation is 1. The van der Waals surface area contributed by atoms with Gasteiger partial charge < -0.3 is 4.90 Å². The third-order valence-electron chi connectivity index (χ3n) is 4.90. The number of nitrogens with zero attached hydrogens (tertiary/aromatic N) is 4. The first kappa shape index (κ1) is 17.2. The number of H-pyrrole nitrogens is 1. The molecule has 5 heteroatoms. The molecule has 0 aliphatic carbocycles. The highest BCUT2D eigenvalue weighted by atomic mass is 15.2. The molecule has 4 aromatic rings. The minimum Gasteiger partial charge on any atom is -0.357 e. The summed E-state index contributed by atoms with van der Waals surface area (Å²) in [6.45, 7) is 8.15. The van der Waals surface area contributed by atoms with Crippen molar-refractivity contribution in [2.75, 3.05) is 18.0 Å². The Bertz CT molecular complexity index is 1050. The number of aromatic nitrogens is 4. The largest absolute Gasteiger partial charge is 0.357 e. The number of benzene rings is 2. The van der Waals surface area contributed by atoms with E-state index in [1.54, 1.807) is 6.33 Å². The lowest BCUT2D eigenvalue weighted by Gasteiger charge is -2.25. The quantitative estimate of drug-likeness (QED) is 0.555. The molecule has 5 nitrogen and oxygen atoms in total. The molecule has 0 aliphatic heterocycles. The maximum Gasteiger partial charge on any atom is 0.159 e. The van der Waals surface area contributed by atoms with Gasteiger partial charge in [-0.1, -0.05) is 42.0 Å². The fraction of sp³-hybridized carbons (Fsp3) is 0.227. The van der Waals surface area contributed by atoms with Gasteiger partial charge in [-0.15, -0.1) is 0 Å². The van der Waals surface area contributed by atoms with Gasteiger partial charge in [0.05, 0.1) is 11.1 Å². The van der Waals surface area contributed by atoms with Crippen LogP contribution in [0.5, 0.6) is 0 Å². The molecule has 2 aromatic carbocycles. The Hall–Kier alpha value is -3.21. The van der Waals surface area contributed by atoms with Crippen LogP contribution in [0.15, 0.2) is 54.9 Å². The lowest BCUT2D eigenvalue weighted by molar-refractivity contribution is 0.850. The van der Waals surface area contributed by atoms with E-state index >= 15 is 0 Å². The summed E-state index contributed by atoms with van der Waals surface area (Å²) in [7, 11) is 0. The fourth-order valence-electron chi connectivity index (χ4n) is 3.57. The van der Waals surface area contributed by atoms with Crippen LogP contribution in [-0.2, 0) is 0 Å². The maximum absolute atomic E-state index is 5.04. The Morgan fingerprint density at radius 2 is 1.74 bits per heavy atom. The maximum atomic E-state index is 5.04. The van der Waals surface area contributed by atoms with Gasteiger partial charge in [0.25, 0.3) is 0 Å². The highest BCUT2D eigenvalue weighted by Gasteiger charge is 2.22. The van der Waals surface area contributed by atoms with Gasteiger partial charge in [-0.3, -0.25) is 5.10 Å². The third-order valence-corrected chi connectivity index (χ3v) is 4.90. The predicted molar refractivity (Wildman–Crippen MR) is 111 cm³/mol. The molecule has 4 rings (SSSR count). The number of rotatable bonds is 5. The van der Waals surface area contributed by atoms with Crippen LogP contribution < -0.4 is 4.90 Å². The van der Waals surface area contributed by atoms with E-state index in [1.165, 1.54) is 5.56 Å².